The van der Waals surface area contributed by atoms with Crippen LogP contribution in [0, 0.1) is 12.7 Å². The predicted octanol–water partition coefficient (Wildman–Crippen LogP) is 6.18. The van der Waals surface area contributed by atoms with Crippen molar-refractivity contribution < 1.29 is 8.94 Å². The number of thiazole rings is 1. The average Bonchev–Trinajstić information content (AvgIpc) is 3.53. The van der Waals surface area contributed by atoms with Crippen LogP contribution in [-0.2, 0) is 17.0 Å². The molecule has 0 saturated carbocycles. The van der Waals surface area contributed by atoms with E-state index >= 15 is 4.39 Å². The molecule has 1 saturated heterocycles. The van der Waals surface area contributed by atoms with Gasteiger partial charge in [-0.1, -0.05) is 26.8 Å². The van der Waals surface area contributed by atoms with Gasteiger partial charge in [-0.05, 0) is 44.0 Å². The van der Waals surface area contributed by atoms with Crippen molar-refractivity contribution in [2.24, 2.45) is 0 Å². The standard InChI is InChI=1S/C25H28FN5OS2/c1-15-14-18-16(10-11-27-23(18)28-15)22-21(29-24(33-22)25(2,3)4)17-8-7-9-19(20(17)26)30-34(32)31-12-5-6-13-31/h7-11,14,30H,5-6,12-13H2,1-4H3,(H,27,28). The molecule has 1 aliphatic heterocycles. The number of rotatable bonds is 5. The number of aromatic amines is 1. The highest BCUT2D eigenvalue weighted by molar-refractivity contribution is 7.90. The Morgan fingerprint density at radius 2 is 1.94 bits per heavy atom. The molecule has 9 heteroatoms. The third kappa shape index (κ3) is 4.33. The maximum absolute atomic E-state index is 15.9. The number of fused-ring (bicyclic) bond motifs is 1. The molecule has 3 aromatic heterocycles. The predicted molar refractivity (Wildman–Crippen MR) is 139 cm³/mol. The van der Waals surface area contributed by atoms with Crippen LogP contribution >= 0.6 is 11.3 Å². The maximum atomic E-state index is 15.9. The number of aromatic nitrogens is 3. The smallest absolute Gasteiger partial charge is 0.166 e. The highest BCUT2D eigenvalue weighted by Crippen LogP contribution is 2.44. The van der Waals surface area contributed by atoms with Crippen LogP contribution in [0.25, 0.3) is 32.7 Å². The molecule has 1 fully saturated rings. The third-order valence-electron chi connectivity index (χ3n) is 5.93. The number of nitrogens with zero attached hydrogens (tertiary/aromatic N) is 3. The van der Waals surface area contributed by atoms with E-state index in [0.717, 1.165) is 58.1 Å². The molecule has 0 bridgehead atoms. The summed E-state index contributed by atoms with van der Waals surface area (Å²) >= 11 is 0.105. The number of H-pyrrole nitrogens is 1. The zero-order chi connectivity index (χ0) is 24.0. The molecule has 1 aliphatic rings. The van der Waals surface area contributed by atoms with E-state index in [1.807, 2.05) is 17.3 Å². The average molecular weight is 498 g/mol. The van der Waals surface area contributed by atoms with E-state index in [4.69, 9.17) is 4.98 Å². The Kier molecular flexibility index (Phi) is 6.14. The summed E-state index contributed by atoms with van der Waals surface area (Å²) in [7, 11) is 0. The minimum atomic E-state index is -1.47. The molecule has 4 heterocycles. The second-order valence-electron chi connectivity index (χ2n) is 9.67. The van der Waals surface area contributed by atoms with Gasteiger partial charge < -0.3 is 9.54 Å². The minimum Gasteiger partial charge on any atom is -0.573 e. The molecule has 5 rings (SSSR count). The number of aryl methyl sites for hydroxylation is 1. The van der Waals surface area contributed by atoms with Crippen molar-refractivity contribution in [3.63, 3.8) is 0 Å². The number of halogens is 1. The molecular formula is C25H28FN5OS2. The van der Waals surface area contributed by atoms with Gasteiger partial charge in [0.25, 0.3) is 0 Å². The van der Waals surface area contributed by atoms with Crippen molar-refractivity contribution in [2.75, 3.05) is 17.8 Å². The van der Waals surface area contributed by atoms with Crippen molar-refractivity contribution in [1.82, 2.24) is 19.3 Å². The summed E-state index contributed by atoms with van der Waals surface area (Å²) in [5.41, 5.74) is 3.79. The molecule has 0 radical (unpaired) electrons. The largest absolute Gasteiger partial charge is 0.573 e. The van der Waals surface area contributed by atoms with Gasteiger partial charge in [0, 0.05) is 46.9 Å². The molecule has 2 N–H and O–H groups in total. The molecule has 0 spiro atoms. The first-order chi connectivity index (χ1) is 16.2. The summed E-state index contributed by atoms with van der Waals surface area (Å²) in [5, 5.41) is 1.91. The van der Waals surface area contributed by atoms with Gasteiger partial charge in [-0.15, -0.1) is 15.6 Å². The van der Waals surface area contributed by atoms with Crippen LogP contribution in [-0.4, -0.2) is 36.9 Å². The zero-order valence-corrected chi connectivity index (χ0v) is 21.4. The summed E-state index contributed by atoms with van der Waals surface area (Å²) in [6, 6.07) is 9.17. The first kappa shape index (κ1) is 23.3. The van der Waals surface area contributed by atoms with Crippen LogP contribution < -0.4 is 4.72 Å². The van der Waals surface area contributed by atoms with Gasteiger partial charge in [0.1, 0.15) is 11.3 Å². The summed E-state index contributed by atoms with van der Waals surface area (Å²) in [6.45, 7) is 9.82. The van der Waals surface area contributed by atoms with Crippen LogP contribution in [0.3, 0.4) is 0 Å². The number of anilines is 1. The van der Waals surface area contributed by atoms with Crippen LogP contribution in [0.15, 0.2) is 36.5 Å². The van der Waals surface area contributed by atoms with Crippen LogP contribution in [0.5, 0.6) is 0 Å². The fourth-order valence-corrected chi connectivity index (χ4v) is 6.41. The molecule has 0 amide bonds. The molecule has 4 aromatic rings. The van der Waals surface area contributed by atoms with Crippen molar-refractivity contribution in [1.29, 1.82) is 0 Å². The lowest BCUT2D eigenvalue weighted by Gasteiger charge is -2.19. The maximum Gasteiger partial charge on any atom is 0.166 e. The Hall–Kier alpha value is -2.46. The van der Waals surface area contributed by atoms with Gasteiger partial charge in [0.15, 0.2) is 17.4 Å². The van der Waals surface area contributed by atoms with Gasteiger partial charge in [0.05, 0.1) is 15.6 Å². The van der Waals surface area contributed by atoms with E-state index in [0.29, 0.717) is 11.3 Å². The summed E-state index contributed by atoms with van der Waals surface area (Å²) in [5.74, 6) is -0.447. The van der Waals surface area contributed by atoms with Gasteiger partial charge in [-0.25, -0.2) is 14.4 Å². The second kappa shape index (κ2) is 8.96. The first-order valence-corrected chi connectivity index (χ1v) is 13.3. The molecule has 1 unspecified atom stereocenters. The molecule has 1 atom stereocenters. The highest BCUT2D eigenvalue weighted by Gasteiger charge is 2.28. The summed E-state index contributed by atoms with van der Waals surface area (Å²) in [4.78, 5) is 13.6. The van der Waals surface area contributed by atoms with Gasteiger partial charge in [-0.2, -0.15) is 4.72 Å². The SMILES string of the molecule is Cc1cc2c(-c3sc(C(C)(C)C)nc3-c3cccc(N[S+]([O-])N4CCCC4)c3F)ccnc2[nH]1. The number of benzene rings is 1. The van der Waals surface area contributed by atoms with E-state index in [-0.39, 0.29) is 11.1 Å². The van der Waals surface area contributed by atoms with Gasteiger partial charge in [-0.3, -0.25) is 0 Å². The lowest BCUT2D eigenvalue weighted by atomic mass is 9.98. The van der Waals surface area contributed by atoms with Gasteiger partial charge in [0.2, 0.25) is 0 Å². The normalized spacial score (nSPS) is 15.8. The zero-order valence-electron chi connectivity index (χ0n) is 19.7. The van der Waals surface area contributed by atoms with Crippen LogP contribution in [0.4, 0.5) is 10.1 Å². The Balaban J connectivity index is 1.63. The van der Waals surface area contributed by atoms with E-state index in [2.05, 4.69) is 41.5 Å². The molecule has 0 aliphatic carbocycles. The van der Waals surface area contributed by atoms with Crippen LogP contribution in [0.1, 0.15) is 44.3 Å². The highest BCUT2D eigenvalue weighted by atomic mass is 32.2. The Morgan fingerprint density at radius 1 is 1.18 bits per heavy atom. The Labute approximate surface area is 206 Å². The third-order valence-corrected chi connectivity index (χ3v) is 8.67. The summed E-state index contributed by atoms with van der Waals surface area (Å²) < 4.78 is 33.3. The lowest BCUT2D eigenvalue weighted by Crippen LogP contribution is -2.33. The van der Waals surface area contributed by atoms with Crippen molar-refractivity contribution >= 4 is 39.6 Å². The fraction of sp³-hybridized carbons (Fsp3) is 0.360. The molecule has 6 nitrogen and oxygen atoms in total. The first-order valence-electron chi connectivity index (χ1n) is 11.4. The molecular weight excluding hydrogens is 469 g/mol. The number of hydrogen-bond acceptors (Lipinski definition) is 6. The quantitative estimate of drug-likeness (QED) is 0.322. The van der Waals surface area contributed by atoms with E-state index in [1.54, 1.807) is 35.7 Å². The number of pyridine rings is 1. The number of nitrogens with one attached hydrogen (secondary N) is 2. The second-order valence-corrected chi connectivity index (χ2v) is 11.9. The summed E-state index contributed by atoms with van der Waals surface area (Å²) in [6.07, 6.45) is 3.78. The lowest BCUT2D eigenvalue weighted by molar-refractivity contribution is 0.481. The van der Waals surface area contributed by atoms with Gasteiger partial charge >= 0.3 is 0 Å². The topological polar surface area (TPSA) is 79.9 Å². The molecule has 1 aromatic carbocycles. The number of hydrogen-bond donors (Lipinski definition) is 2. The van der Waals surface area contributed by atoms with Crippen molar-refractivity contribution in [2.45, 2.75) is 46.0 Å². The van der Waals surface area contributed by atoms with E-state index in [9.17, 15) is 4.55 Å². The van der Waals surface area contributed by atoms with E-state index < -0.39 is 17.4 Å². The fourth-order valence-electron chi connectivity index (χ4n) is 4.17. The Morgan fingerprint density at radius 3 is 2.68 bits per heavy atom. The van der Waals surface area contributed by atoms with Crippen molar-refractivity contribution in [3.05, 3.63) is 53.0 Å². The Bertz CT molecular complexity index is 1340. The minimum absolute atomic E-state index is 0.193. The monoisotopic (exact) mass is 497 g/mol. The van der Waals surface area contributed by atoms with Crippen LogP contribution in [0.2, 0.25) is 0 Å². The van der Waals surface area contributed by atoms with Crippen molar-refractivity contribution in [3.8, 4) is 21.7 Å². The molecule has 178 valence electrons. The van der Waals surface area contributed by atoms with E-state index in [1.165, 1.54) is 0 Å². The molecule has 34 heavy (non-hydrogen) atoms.